The lowest BCUT2D eigenvalue weighted by atomic mass is 9.96. The van der Waals surface area contributed by atoms with E-state index in [-0.39, 0.29) is 11.9 Å². The molecule has 2 aliphatic rings. The molecule has 0 aromatic heterocycles. The van der Waals surface area contributed by atoms with E-state index in [0.29, 0.717) is 11.5 Å². The van der Waals surface area contributed by atoms with Gasteiger partial charge in [0.05, 0.1) is 0 Å². The summed E-state index contributed by atoms with van der Waals surface area (Å²) in [5, 5.41) is 6.08. The highest BCUT2D eigenvalue weighted by atomic mass is 16.2. The van der Waals surface area contributed by atoms with Crippen LogP contribution in [0.5, 0.6) is 0 Å². The van der Waals surface area contributed by atoms with Gasteiger partial charge in [0.2, 0.25) is 5.91 Å². The second-order valence-corrected chi connectivity index (χ2v) is 5.40. The van der Waals surface area contributed by atoms with Crippen LogP contribution in [-0.4, -0.2) is 49.6 Å². The topological polar surface area (TPSA) is 44.4 Å². The lowest BCUT2D eigenvalue weighted by Gasteiger charge is -2.41. The molecule has 4 heteroatoms. The first-order valence-electron chi connectivity index (χ1n) is 6.26. The van der Waals surface area contributed by atoms with Crippen molar-refractivity contribution in [3.05, 3.63) is 0 Å². The highest BCUT2D eigenvalue weighted by molar-refractivity contribution is 5.81. The molecule has 0 aromatic carbocycles. The van der Waals surface area contributed by atoms with Crippen LogP contribution in [0, 0.1) is 5.41 Å². The van der Waals surface area contributed by atoms with Gasteiger partial charge in [0.15, 0.2) is 0 Å². The van der Waals surface area contributed by atoms with Crippen molar-refractivity contribution in [2.75, 3.05) is 26.7 Å². The Balaban J connectivity index is 2.06. The van der Waals surface area contributed by atoms with Gasteiger partial charge in [-0.3, -0.25) is 9.69 Å². The van der Waals surface area contributed by atoms with Crippen molar-refractivity contribution in [1.82, 2.24) is 15.5 Å². The number of amides is 1. The molecule has 1 amide bonds. The Labute approximate surface area is 97.8 Å². The minimum absolute atomic E-state index is 0.00572. The first kappa shape index (κ1) is 11.9. The molecule has 0 spiro atoms. The molecule has 1 saturated carbocycles. The molecule has 1 heterocycles. The minimum Gasteiger partial charge on any atom is -0.358 e. The third-order valence-electron chi connectivity index (χ3n) is 4.38. The van der Waals surface area contributed by atoms with E-state index in [9.17, 15) is 4.79 Å². The van der Waals surface area contributed by atoms with Crippen molar-refractivity contribution < 1.29 is 4.79 Å². The zero-order valence-corrected chi connectivity index (χ0v) is 10.5. The Bertz CT molecular complexity index is 275. The quantitative estimate of drug-likeness (QED) is 0.721. The fourth-order valence-corrected chi connectivity index (χ4v) is 2.61. The average Bonchev–Trinajstić information content (AvgIpc) is 3.06. The number of likely N-dealkylation sites (N-methyl/N-ethyl adjacent to an activating group) is 1. The van der Waals surface area contributed by atoms with Crippen LogP contribution in [0.2, 0.25) is 0 Å². The van der Waals surface area contributed by atoms with Crippen LogP contribution < -0.4 is 10.6 Å². The van der Waals surface area contributed by atoms with E-state index in [0.717, 1.165) is 19.6 Å². The van der Waals surface area contributed by atoms with Crippen molar-refractivity contribution in [3.8, 4) is 0 Å². The van der Waals surface area contributed by atoms with E-state index < -0.39 is 0 Å². The van der Waals surface area contributed by atoms with Crippen molar-refractivity contribution in [1.29, 1.82) is 0 Å². The molecule has 2 fully saturated rings. The van der Waals surface area contributed by atoms with Gasteiger partial charge in [-0.15, -0.1) is 0 Å². The van der Waals surface area contributed by atoms with Crippen molar-refractivity contribution in [2.45, 2.75) is 38.8 Å². The molecule has 0 radical (unpaired) electrons. The molecule has 16 heavy (non-hydrogen) atoms. The van der Waals surface area contributed by atoms with Gasteiger partial charge in [-0.05, 0) is 25.2 Å². The summed E-state index contributed by atoms with van der Waals surface area (Å²) < 4.78 is 0. The van der Waals surface area contributed by atoms with Crippen LogP contribution in [-0.2, 0) is 4.79 Å². The predicted octanol–water partition coefficient (Wildman–Crippen LogP) is 0.195. The fourth-order valence-electron chi connectivity index (χ4n) is 2.61. The van der Waals surface area contributed by atoms with E-state index in [4.69, 9.17) is 0 Å². The standard InChI is InChI=1S/C12H23N3O/c1-9(12(2)4-5-12)15-7-6-14-8-10(15)11(16)13-3/h9-10,14H,4-8H2,1-3H3,(H,13,16). The van der Waals surface area contributed by atoms with E-state index in [2.05, 4.69) is 29.4 Å². The number of rotatable bonds is 3. The molecule has 2 N–H and O–H groups in total. The van der Waals surface area contributed by atoms with Gasteiger partial charge in [-0.25, -0.2) is 0 Å². The maximum atomic E-state index is 11.8. The highest BCUT2D eigenvalue weighted by Crippen LogP contribution is 2.50. The number of hydrogen-bond donors (Lipinski definition) is 2. The van der Waals surface area contributed by atoms with Gasteiger partial charge in [-0.1, -0.05) is 6.92 Å². The molecule has 1 saturated heterocycles. The number of carbonyl (C=O) groups is 1. The fraction of sp³-hybridized carbons (Fsp3) is 0.917. The van der Waals surface area contributed by atoms with Gasteiger partial charge < -0.3 is 10.6 Å². The summed E-state index contributed by atoms with van der Waals surface area (Å²) >= 11 is 0. The minimum atomic E-state index is 0.00572. The Morgan fingerprint density at radius 2 is 2.25 bits per heavy atom. The monoisotopic (exact) mass is 225 g/mol. The largest absolute Gasteiger partial charge is 0.358 e. The van der Waals surface area contributed by atoms with Gasteiger partial charge in [0.25, 0.3) is 0 Å². The number of nitrogens with zero attached hydrogens (tertiary/aromatic N) is 1. The number of carbonyl (C=O) groups excluding carboxylic acids is 1. The summed E-state index contributed by atoms with van der Waals surface area (Å²) in [4.78, 5) is 14.2. The van der Waals surface area contributed by atoms with E-state index in [1.807, 2.05) is 0 Å². The van der Waals surface area contributed by atoms with Gasteiger partial charge >= 0.3 is 0 Å². The first-order valence-corrected chi connectivity index (χ1v) is 6.26. The number of hydrogen-bond acceptors (Lipinski definition) is 3. The van der Waals surface area contributed by atoms with Crippen LogP contribution in [0.3, 0.4) is 0 Å². The highest BCUT2D eigenvalue weighted by Gasteiger charge is 2.47. The normalized spacial score (nSPS) is 30.8. The van der Waals surface area contributed by atoms with E-state index in [1.54, 1.807) is 7.05 Å². The SMILES string of the molecule is CNC(=O)C1CNCCN1C(C)C1(C)CC1. The predicted molar refractivity (Wildman–Crippen MR) is 64.2 cm³/mol. The van der Waals surface area contributed by atoms with Crippen LogP contribution in [0.15, 0.2) is 0 Å². The Hall–Kier alpha value is -0.610. The average molecular weight is 225 g/mol. The maximum Gasteiger partial charge on any atom is 0.238 e. The van der Waals surface area contributed by atoms with E-state index >= 15 is 0 Å². The number of nitrogens with one attached hydrogen (secondary N) is 2. The molecule has 2 unspecified atom stereocenters. The number of piperazine rings is 1. The molecule has 0 aromatic rings. The maximum absolute atomic E-state index is 11.8. The zero-order valence-electron chi connectivity index (χ0n) is 10.5. The van der Waals surface area contributed by atoms with Gasteiger partial charge in [0.1, 0.15) is 6.04 Å². The molecule has 1 aliphatic heterocycles. The van der Waals surface area contributed by atoms with Crippen LogP contribution in [0.25, 0.3) is 0 Å². The lowest BCUT2D eigenvalue weighted by Crippen LogP contribution is -2.61. The van der Waals surface area contributed by atoms with Crippen LogP contribution in [0.1, 0.15) is 26.7 Å². The molecule has 2 rings (SSSR count). The summed E-state index contributed by atoms with van der Waals surface area (Å²) in [7, 11) is 1.72. The van der Waals surface area contributed by atoms with Crippen LogP contribution >= 0.6 is 0 Å². The molecule has 92 valence electrons. The summed E-state index contributed by atoms with van der Waals surface area (Å²) in [6.07, 6.45) is 2.61. The van der Waals surface area contributed by atoms with E-state index in [1.165, 1.54) is 12.8 Å². The van der Waals surface area contributed by atoms with Crippen molar-refractivity contribution in [2.24, 2.45) is 5.41 Å². The Morgan fingerprint density at radius 1 is 1.56 bits per heavy atom. The molecule has 4 nitrogen and oxygen atoms in total. The molecule has 0 bridgehead atoms. The molecular weight excluding hydrogens is 202 g/mol. The summed E-state index contributed by atoms with van der Waals surface area (Å²) in [6, 6.07) is 0.517. The second-order valence-electron chi connectivity index (χ2n) is 5.40. The third kappa shape index (κ3) is 2.09. The Kier molecular flexibility index (Phi) is 3.22. The third-order valence-corrected chi connectivity index (χ3v) is 4.38. The van der Waals surface area contributed by atoms with Gasteiger partial charge in [0, 0.05) is 32.7 Å². The Morgan fingerprint density at radius 3 is 2.81 bits per heavy atom. The molecule has 1 aliphatic carbocycles. The van der Waals surface area contributed by atoms with Crippen molar-refractivity contribution in [3.63, 3.8) is 0 Å². The summed E-state index contributed by atoms with van der Waals surface area (Å²) in [6.45, 7) is 7.36. The van der Waals surface area contributed by atoms with Gasteiger partial charge in [-0.2, -0.15) is 0 Å². The zero-order chi connectivity index (χ0) is 11.8. The van der Waals surface area contributed by atoms with Crippen molar-refractivity contribution >= 4 is 5.91 Å². The summed E-state index contributed by atoms with van der Waals surface area (Å²) in [5.41, 5.74) is 0.448. The van der Waals surface area contributed by atoms with Crippen LogP contribution in [0.4, 0.5) is 0 Å². The molecular formula is C12H23N3O. The smallest absolute Gasteiger partial charge is 0.238 e. The summed E-state index contributed by atoms with van der Waals surface area (Å²) in [5.74, 6) is 0.142. The molecule has 2 atom stereocenters. The second kappa shape index (κ2) is 4.34. The lowest BCUT2D eigenvalue weighted by molar-refractivity contribution is -0.128. The first-order chi connectivity index (χ1) is 7.58.